The van der Waals surface area contributed by atoms with Crippen molar-refractivity contribution in [2.45, 2.75) is 19.1 Å². The van der Waals surface area contributed by atoms with Gasteiger partial charge in [0.05, 0.1) is 25.4 Å². The number of nitrogens with zero attached hydrogens (tertiary/aromatic N) is 1. The van der Waals surface area contributed by atoms with Crippen LogP contribution in [0.25, 0.3) is 0 Å². The van der Waals surface area contributed by atoms with Gasteiger partial charge in [0.15, 0.2) is 6.29 Å². The number of hydrogen-bond donors (Lipinski definition) is 3. The average Bonchev–Trinajstić information content (AvgIpc) is 2.62. The van der Waals surface area contributed by atoms with Gasteiger partial charge in [0.2, 0.25) is 0 Å². The number of aryl methyl sites for hydroxylation is 1. The van der Waals surface area contributed by atoms with E-state index in [1.165, 1.54) is 13.3 Å². The summed E-state index contributed by atoms with van der Waals surface area (Å²) in [5, 5.41) is 17.5. The van der Waals surface area contributed by atoms with Crippen LogP contribution in [0.1, 0.15) is 24.2 Å². The lowest BCUT2D eigenvalue weighted by molar-refractivity contribution is -0.140. The molecule has 78 valence electrons. The first kappa shape index (κ1) is 10.7. The van der Waals surface area contributed by atoms with Crippen molar-refractivity contribution in [1.29, 1.82) is 0 Å². The Morgan fingerprint density at radius 3 is 2.93 bits per heavy atom. The highest BCUT2D eigenvalue weighted by atomic mass is 16.5. The Morgan fingerprint density at radius 2 is 2.43 bits per heavy atom. The predicted molar refractivity (Wildman–Crippen MR) is 46.1 cm³/mol. The second-order valence-corrected chi connectivity index (χ2v) is 2.74. The highest BCUT2D eigenvalue weighted by Crippen LogP contribution is 2.07. The summed E-state index contributed by atoms with van der Waals surface area (Å²) in [7, 11) is 1.31. The van der Waals surface area contributed by atoms with Crippen molar-refractivity contribution in [3.8, 4) is 0 Å². The minimum atomic E-state index is -1.56. The molecule has 0 amide bonds. The first-order valence-corrected chi connectivity index (χ1v) is 4.10. The summed E-state index contributed by atoms with van der Waals surface area (Å²) in [4.78, 5) is 17.3. The number of H-pyrrole nitrogens is 1. The van der Waals surface area contributed by atoms with E-state index in [1.807, 2.05) is 0 Å². The van der Waals surface area contributed by atoms with Gasteiger partial charge in [-0.2, -0.15) is 0 Å². The number of rotatable bonds is 4. The minimum Gasteiger partial charge on any atom is -0.469 e. The lowest BCUT2D eigenvalue weighted by Crippen LogP contribution is -2.03. The van der Waals surface area contributed by atoms with Gasteiger partial charge in [-0.25, -0.2) is 4.98 Å². The Balaban J connectivity index is 2.48. The largest absolute Gasteiger partial charge is 0.469 e. The van der Waals surface area contributed by atoms with Crippen LogP contribution < -0.4 is 0 Å². The summed E-state index contributed by atoms with van der Waals surface area (Å²) in [6, 6.07) is 0. The van der Waals surface area contributed by atoms with Gasteiger partial charge in [0, 0.05) is 6.42 Å². The maximum absolute atomic E-state index is 10.8. The molecule has 6 heteroatoms. The maximum Gasteiger partial charge on any atom is 0.305 e. The van der Waals surface area contributed by atoms with Gasteiger partial charge in [-0.15, -0.1) is 0 Å². The van der Waals surface area contributed by atoms with E-state index in [2.05, 4.69) is 14.7 Å². The Hall–Kier alpha value is -1.40. The summed E-state index contributed by atoms with van der Waals surface area (Å²) in [6.45, 7) is 0. The number of carbonyl (C=O) groups is 1. The summed E-state index contributed by atoms with van der Waals surface area (Å²) >= 11 is 0. The number of aliphatic hydroxyl groups excluding tert-OH is 1. The van der Waals surface area contributed by atoms with E-state index in [4.69, 9.17) is 10.2 Å². The highest BCUT2D eigenvalue weighted by molar-refractivity contribution is 5.69. The third-order valence-electron chi connectivity index (χ3n) is 1.72. The molecule has 1 aromatic heterocycles. The summed E-state index contributed by atoms with van der Waals surface area (Å²) in [5.41, 5.74) is 0.213. The monoisotopic (exact) mass is 200 g/mol. The van der Waals surface area contributed by atoms with E-state index in [-0.39, 0.29) is 18.1 Å². The maximum atomic E-state index is 10.8. The quantitative estimate of drug-likeness (QED) is 0.449. The Kier molecular flexibility index (Phi) is 3.61. The second-order valence-electron chi connectivity index (χ2n) is 2.74. The van der Waals surface area contributed by atoms with Crippen molar-refractivity contribution in [1.82, 2.24) is 9.97 Å². The lowest BCUT2D eigenvalue weighted by Gasteiger charge is -1.98. The third kappa shape index (κ3) is 2.82. The fourth-order valence-corrected chi connectivity index (χ4v) is 0.959. The Bertz CT molecular complexity index is 308. The van der Waals surface area contributed by atoms with Crippen molar-refractivity contribution in [2.24, 2.45) is 0 Å². The molecular formula is C8H12N2O4. The number of nitrogens with one attached hydrogen (secondary N) is 1. The second kappa shape index (κ2) is 4.73. The molecule has 0 spiro atoms. The van der Waals surface area contributed by atoms with Crippen molar-refractivity contribution < 1.29 is 19.7 Å². The van der Waals surface area contributed by atoms with Gasteiger partial charge >= 0.3 is 5.97 Å². The summed E-state index contributed by atoms with van der Waals surface area (Å²) in [6.07, 6.45) is 0.358. The predicted octanol–water partition coefficient (Wildman–Crippen LogP) is -0.501. The highest BCUT2D eigenvalue weighted by Gasteiger charge is 2.08. The molecule has 0 aromatic carbocycles. The fourth-order valence-electron chi connectivity index (χ4n) is 0.959. The summed E-state index contributed by atoms with van der Waals surface area (Å²) < 4.78 is 4.45. The zero-order valence-corrected chi connectivity index (χ0v) is 7.73. The van der Waals surface area contributed by atoms with Crippen molar-refractivity contribution in [3.05, 3.63) is 17.7 Å². The number of aromatic nitrogens is 2. The first-order chi connectivity index (χ1) is 6.63. The number of ether oxygens (including phenoxy) is 1. The van der Waals surface area contributed by atoms with Crippen LogP contribution in [-0.4, -0.2) is 33.3 Å². The van der Waals surface area contributed by atoms with Crippen molar-refractivity contribution >= 4 is 5.97 Å². The first-order valence-electron chi connectivity index (χ1n) is 4.10. The average molecular weight is 200 g/mol. The number of imidazole rings is 1. The number of hydrogen-bond acceptors (Lipinski definition) is 5. The van der Waals surface area contributed by atoms with Gasteiger partial charge in [-0.3, -0.25) is 4.79 Å². The number of esters is 1. The number of carbonyl (C=O) groups excluding carboxylic acids is 1. The minimum absolute atomic E-state index is 0.213. The zero-order valence-electron chi connectivity index (χ0n) is 7.73. The molecule has 0 radical (unpaired) electrons. The van der Waals surface area contributed by atoms with Crippen molar-refractivity contribution in [3.63, 3.8) is 0 Å². The molecule has 14 heavy (non-hydrogen) atoms. The molecule has 0 fully saturated rings. The molecule has 0 saturated carbocycles. The molecule has 0 aliphatic carbocycles. The van der Waals surface area contributed by atoms with E-state index in [9.17, 15) is 4.79 Å². The van der Waals surface area contributed by atoms with Crippen LogP contribution in [0.15, 0.2) is 6.20 Å². The molecule has 0 atom stereocenters. The fraction of sp³-hybridized carbons (Fsp3) is 0.500. The topological polar surface area (TPSA) is 95.4 Å². The Morgan fingerprint density at radius 1 is 1.71 bits per heavy atom. The molecule has 3 N–H and O–H groups in total. The normalized spacial score (nSPS) is 10.6. The molecule has 0 aliphatic rings. The smallest absolute Gasteiger partial charge is 0.305 e. The van der Waals surface area contributed by atoms with E-state index >= 15 is 0 Å². The van der Waals surface area contributed by atoms with Gasteiger partial charge < -0.3 is 19.9 Å². The number of methoxy groups -OCH3 is 1. The third-order valence-corrected chi connectivity index (χ3v) is 1.72. The van der Waals surface area contributed by atoms with Crippen LogP contribution in [0.5, 0.6) is 0 Å². The molecule has 0 saturated heterocycles. The van der Waals surface area contributed by atoms with Crippen LogP contribution >= 0.6 is 0 Å². The molecule has 1 aromatic rings. The van der Waals surface area contributed by atoms with E-state index in [0.29, 0.717) is 12.2 Å². The van der Waals surface area contributed by atoms with Crippen LogP contribution in [0, 0.1) is 0 Å². The molecular weight excluding hydrogens is 188 g/mol. The standard InChI is InChI=1S/C8H12N2O4/c1-14-7(11)3-2-6-9-4-5(10-6)8(12)13/h4,8,12-13H,2-3H2,1H3,(H,9,10). The van der Waals surface area contributed by atoms with Gasteiger partial charge in [0.25, 0.3) is 0 Å². The van der Waals surface area contributed by atoms with E-state index in [0.717, 1.165) is 0 Å². The Labute approximate surface area is 80.5 Å². The molecule has 1 heterocycles. The van der Waals surface area contributed by atoms with E-state index in [1.54, 1.807) is 0 Å². The van der Waals surface area contributed by atoms with Gasteiger partial charge in [-0.05, 0) is 0 Å². The van der Waals surface area contributed by atoms with Gasteiger partial charge in [-0.1, -0.05) is 0 Å². The summed E-state index contributed by atoms with van der Waals surface area (Å²) in [5.74, 6) is 0.200. The van der Waals surface area contributed by atoms with Crippen LogP contribution in [0.2, 0.25) is 0 Å². The lowest BCUT2D eigenvalue weighted by atomic mass is 10.3. The molecule has 1 rings (SSSR count). The zero-order chi connectivity index (χ0) is 10.6. The molecule has 0 aliphatic heterocycles. The number of aromatic amines is 1. The van der Waals surface area contributed by atoms with Crippen molar-refractivity contribution in [2.75, 3.05) is 7.11 Å². The van der Waals surface area contributed by atoms with Crippen LogP contribution in [0.3, 0.4) is 0 Å². The van der Waals surface area contributed by atoms with E-state index < -0.39 is 6.29 Å². The molecule has 0 unspecified atom stereocenters. The van der Waals surface area contributed by atoms with Crippen LogP contribution in [0.4, 0.5) is 0 Å². The SMILES string of the molecule is COC(=O)CCc1ncc(C(O)O)[nH]1. The molecule has 0 bridgehead atoms. The van der Waals surface area contributed by atoms with Gasteiger partial charge in [0.1, 0.15) is 5.82 Å². The molecule has 6 nitrogen and oxygen atoms in total. The number of aliphatic hydroxyl groups is 2. The van der Waals surface area contributed by atoms with Crippen LogP contribution in [-0.2, 0) is 16.0 Å².